The van der Waals surface area contributed by atoms with Gasteiger partial charge in [-0.15, -0.1) is 0 Å². The third-order valence-corrected chi connectivity index (χ3v) is 8.55. The summed E-state index contributed by atoms with van der Waals surface area (Å²) in [6.45, 7) is 4.65. The molecule has 2 aliphatic heterocycles. The molecule has 6 rings (SSSR count). The Labute approximate surface area is 187 Å². The molecule has 4 aliphatic rings. The molecule has 0 spiro atoms. The summed E-state index contributed by atoms with van der Waals surface area (Å²) in [6, 6.07) is 12.3. The molecule has 1 saturated carbocycles. The number of benzene rings is 1. The molecule has 1 N–H and O–H groups in total. The van der Waals surface area contributed by atoms with Crippen LogP contribution in [0.25, 0.3) is 0 Å². The van der Waals surface area contributed by atoms with Gasteiger partial charge in [0.05, 0.1) is 11.7 Å². The minimum absolute atomic E-state index is 0.460. The predicted octanol–water partition coefficient (Wildman–Crippen LogP) is 4.34. The Kier molecular flexibility index (Phi) is 5.23. The van der Waals surface area contributed by atoms with Crippen molar-refractivity contribution < 1.29 is 0 Å². The molecule has 0 radical (unpaired) electrons. The molecule has 0 bridgehead atoms. The third-order valence-electron chi connectivity index (χ3n) is 8.55. The second-order valence-corrected chi connectivity index (χ2v) is 10.4. The number of pyridine rings is 1. The summed E-state index contributed by atoms with van der Waals surface area (Å²) in [4.78, 5) is 10.1. The van der Waals surface area contributed by atoms with Crippen LogP contribution >= 0.6 is 0 Å². The van der Waals surface area contributed by atoms with Crippen LogP contribution in [0.15, 0.2) is 36.5 Å². The van der Waals surface area contributed by atoms with Crippen LogP contribution in [-0.4, -0.2) is 42.6 Å². The van der Waals surface area contributed by atoms with Gasteiger partial charge in [0.1, 0.15) is 0 Å². The molecule has 1 aromatic heterocycles. The normalized spacial score (nSPS) is 29.7. The van der Waals surface area contributed by atoms with Crippen molar-refractivity contribution in [1.82, 2.24) is 15.2 Å². The molecule has 164 valence electrons. The topological polar surface area (TPSA) is 31.4 Å². The average molecular weight is 417 g/mol. The van der Waals surface area contributed by atoms with Gasteiger partial charge in [0.25, 0.3) is 0 Å². The van der Waals surface area contributed by atoms with Crippen LogP contribution in [0.2, 0.25) is 0 Å². The van der Waals surface area contributed by atoms with E-state index in [1.807, 2.05) is 6.20 Å². The summed E-state index contributed by atoms with van der Waals surface area (Å²) in [7, 11) is 2.30. The Morgan fingerprint density at radius 2 is 1.87 bits per heavy atom. The van der Waals surface area contributed by atoms with E-state index in [0.29, 0.717) is 12.1 Å². The number of rotatable bonds is 4. The van der Waals surface area contributed by atoms with Gasteiger partial charge in [0.2, 0.25) is 0 Å². The number of anilines is 1. The molecule has 2 aliphatic carbocycles. The maximum Gasteiger partial charge on any atom is 0.0607 e. The molecule has 4 nitrogen and oxygen atoms in total. The Morgan fingerprint density at radius 1 is 1.03 bits per heavy atom. The monoisotopic (exact) mass is 416 g/mol. The van der Waals surface area contributed by atoms with E-state index in [4.69, 9.17) is 4.98 Å². The van der Waals surface area contributed by atoms with Gasteiger partial charge >= 0.3 is 0 Å². The fourth-order valence-corrected chi connectivity index (χ4v) is 6.94. The zero-order valence-electron chi connectivity index (χ0n) is 18.9. The van der Waals surface area contributed by atoms with Gasteiger partial charge in [0.15, 0.2) is 0 Å². The van der Waals surface area contributed by atoms with Crippen molar-refractivity contribution in [2.45, 2.75) is 63.6 Å². The fraction of sp³-hybridized carbons (Fsp3) is 0.593. The minimum atomic E-state index is 0.460. The number of fused-ring (bicyclic) bond motifs is 3. The Balaban J connectivity index is 1.18. The van der Waals surface area contributed by atoms with Crippen molar-refractivity contribution in [3.8, 4) is 0 Å². The molecule has 1 saturated heterocycles. The van der Waals surface area contributed by atoms with Crippen LogP contribution in [0.1, 0.15) is 60.5 Å². The van der Waals surface area contributed by atoms with Crippen LogP contribution in [0, 0.1) is 11.8 Å². The summed E-state index contributed by atoms with van der Waals surface area (Å²) < 4.78 is 0. The van der Waals surface area contributed by atoms with Crippen molar-refractivity contribution in [2.75, 3.05) is 31.6 Å². The van der Waals surface area contributed by atoms with Crippen molar-refractivity contribution in [3.05, 3.63) is 58.9 Å². The smallest absolute Gasteiger partial charge is 0.0607 e. The zero-order chi connectivity index (χ0) is 20.8. The van der Waals surface area contributed by atoms with Crippen molar-refractivity contribution >= 4 is 5.69 Å². The van der Waals surface area contributed by atoms with E-state index in [-0.39, 0.29) is 0 Å². The van der Waals surface area contributed by atoms with Crippen molar-refractivity contribution in [3.63, 3.8) is 0 Å². The standard InChI is InChI=1S/C27H36N4/c1-30(26-12-3-6-19-10-5-13-28-27(19)26)18-23-14-24-20(15-29-23)7-4-11-25(24)31-16-21-8-2-9-22(21)17-31/h4-5,7,10-11,13,21-23,26,29H,2-3,6,8-9,12,14-18H2,1H3/t21-,22+,23-,26+/m1/s1. The minimum Gasteiger partial charge on any atom is -0.371 e. The molecular weight excluding hydrogens is 380 g/mol. The summed E-state index contributed by atoms with van der Waals surface area (Å²) in [6.07, 6.45) is 11.1. The van der Waals surface area contributed by atoms with E-state index < -0.39 is 0 Å². The molecule has 2 fully saturated rings. The molecule has 4 atom stereocenters. The number of aryl methyl sites for hydroxylation is 1. The van der Waals surface area contributed by atoms with Crippen LogP contribution in [0.4, 0.5) is 5.69 Å². The average Bonchev–Trinajstić information content (AvgIpc) is 3.41. The fourth-order valence-electron chi connectivity index (χ4n) is 6.94. The highest BCUT2D eigenvalue weighted by Crippen LogP contribution is 2.41. The first kappa shape index (κ1) is 19.8. The molecule has 0 amide bonds. The number of aromatic nitrogens is 1. The second-order valence-electron chi connectivity index (χ2n) is 10.4. The lowest BCUT2D eigenvalue weighted by molar-refractivity contribution is 0.191. The van der Waals surface area contributed by atoms with Crippen LogP contribution < -0.4 is 10.2 Å². The van der Waals surface area contributed by atoms with Gasteiger partial charge in [-0.25, -0.2) is 0 Å². The Hall–Kier alpha value is -1.91. The van der Waals surface area contributed by atoms with Gasteiger partial charge in [-0.3, -0.25) is 9.88 Å². The molecule has 1 aromatic carbocycles. The van der Waals surface area contributed by atoms with Gasteiger partial charge in [-0.2, -0.15) is 0 Å². The van der Waals surface area contributed by atoms with E-state index in [2.05, 4.69) is 52.5 Å². The van der Waals surface area contributed by atoms with Gasteiger partial charge in [-0.1, -0.05) is 24.6 Å². The van der Waals surface area contributed by atoms with Gasteiger partial charge < -0.3 is 10.2 Å². The number of hydrogen-bond acceptors (Lipinski definition) is 4. The van der Waals surface area contributed by atoms with Crippen molar-refractivity contribution in [2.24, 2.45) is 11.8 Å². The first-order valence-electron chi connectivity index (χ1n) is 12.5. The lowest BCUT2D eigenvalue weighted by Crippen LogP contribution is -2.45. The predicted molar refractivity (Wildman–Crippen MR) is 126 cm³/mol. The van der Waals surface area contributed by atoms with E-state index in [9.17, 15) is 0 Å². The molecule has 31 heavy (non-hydrogen) atoms. The number of likely N-dealkylation sites (N-methyl/N-ethyl adjacent to an activating group) is 1. The molecule has 0 unspecified atom stereocenters. The largest absolute Gasteiger partial charge is 0.371 e. The van der Waals surface area contributed by atoms with Crippen LogP contribution in [0.5, 0.6) is 0 Å². The van der Waals surface area contributed by atoms with Gasteiger partial charge in [0, 0.05) is 44.1 Å². The summed E-state index contributed by atoms with van der Waals surface area (Å²) in [5.74, 6) is 1.89. The Bertz CT molecular complexity index is 929. The first-order chi connectivity index (χ1) is 15.3. The molecular formula is C27H36N4. The van der Waals surface area contributed by atoms with Crippen LogP contribution in [-0.2, 0) is 19.4 Å². The maximum absolute atomic E-state index is 4.78. The number of nitrogens with one attached hydrogen (secondary N) is 1. The Morgan fingerprint density at radius 3 is 2.74 bits per heavy atom. The highest BCUT2D eigenvalue weighted by Gasteiger charge is 2.37. The van der Waals surface area contributed by atoms with E-state index in [1.165, 1.54) is 74.1 Å². The summed E-state index contributed by atoms with van der Waals surface area (Å²) in [5, 5.41) is 3.85. The SMILES string of the molecule is CN(C[C@H]1Cc2c(cccc2N2C[C@H]3CCC[C@H]3C2)CN1)[C@H]1CCCc2cccnc21. The molecule has 2 aromatic rings. The second kappa shape index (κ2) is 8.22. The maximum atomic E-state index is 4.78. The number of nitrogens with zero attached hydrogens (tertiary/aromatic N) is 3. The van der Waals surface area contributed by atoms with E-state index in [0.717, 1.165) is 31.3 Å². The third kappa shape index (κ3) is 3.68. The number of hydrogen-bond donors (Lipinski definition) is 1. The highest BCUT2D eigenvalue weighted by molar-refractivity contribution is 5.59. The lowest BCUT2D eigenvalue weighted by atomic mass is 9.89. The zero-order valence-corrected chi connectivity index (χ0v) is 18.9. The highest BCUT2D eigenvalue weighted by atomic mass is 15.2. The van der Waals surface area contributed by atoms with E-state index in [1.54, 1.807) is 5.56 Å². The lowest BCUT2D eigenvalue weighted by Gasteiger charge is -2.37. The summed E-state index contributed by atoms with van der Waals surface area (Å²) in [5.41, 5.74) is 7.43. The van der Waals surface area contributed by atoms with Crippen LogP contribution in [0.3, 0.4) is 0 Å². The van der Waals surface area contributed by atoms with Gasteiger partial charge in [-0.05, 0) is 86.2 Å². The molecule has 3 heterocycles. The van der Waals surface area contributed by atoms with E-state index >= 15 is 0 Å². The van der Waals surface area contributed by atoms with Crippen molar-refractivity contribution in [1.29, 1.82) is 0 Å². The first-order valence-corrected chi connectivity index (χ1v) is 12.5. The quantitative estimate of drug-likeness (QED) is 0.803. The molecule has 4 heteroatoms. The summed E-state index contributed by atoms with van der Waals surface area (Å²) >= 11 is 0.